The van der Waals surface area contributed by atoms with Crippen LogP contribution in [-0.4, -0.2) is 39.0 Å². The Morgan fingerprint density at radius 1 is 1.07 bits per heavy atom. The number of ether oxygens (including phenoxy) is 1. The van der Waals surface area contributed by atoms with E-state index in [4.69, 9.17) is 4.74 Å². The van der Waals surface area contributed by atoms with E-state index in [-0.39, 0.29) is 18.1 Å². The molecule has 1 N–H and O–H groups in total. The molecule has 0 fully saturated rings. The minimum absolute atomic E-state index is 0.111. The molecule has 0 bridgehead atoms. The number of carbonyl (C=O) groups excluding carboxylic acids is 2. The number of rotatable bonds is 4. The second-order valence-corrected chi connectivity index (χ2v) is 8.02. The molecule has 1 aliphatic heterocycles. The SMILES string of the molecule is Cc1[nH]c(C(=O)N2CCn3cccc3C2c2ccccc2)c(C)c1C(=O)OC(C)C. The molecule has 0 spiro atoms. The second kappa shape index (κ2) is 7.86. The zero-order chi connectivity index (χ0) is 21.4. The number of aromatic nitrogens is 2. The molecule has 6 nitrogen and oxygen atoms in total. The van der Waals surface area contributed by atoms with Crippen LogP contribution in [0.5, 0.6) is 0 Å². The molecule has 2 aromatic heterocycles. The van der Waals surface area contributed by atoms with Crippen LogP contribution in [0.25, 0.3) is 0 Å². The van der Waals surface area contributed by atoms with Crippen LogP contribution in [0.2, 0.25) is 0 Å². The van der Waals surface area contributed by atoms with Crippen LogP contribution in [0.1, 0.15) is 63.3 Å². The highest BCUT2D eigenvalue weighted by molar-refractivity contribution is 6.00. The topological polar surface area (TPSA) is 67.3 Å². The first-order valence-corrected chi connectivity index (χ1v) is 10.3. The van der Waals surface area contributed by atoms with E-state index in [2.05, 4.69) is 21.8 Å². The van der Waals surface area contributed by atoms with Crippen molar-refractivity contribution in [3.63, 3.8) is 0 Å². The number of nitrogens with one attached hydrogen (secondary N) is 1. The van der Waals surface area contributed by atoms with Crippen LogP contribution in [0, 0.1) is 13.8 Å². The van der Waals surface area contributed by atoms with Crippen LogP contribution in [0.4, 0.5) is 0 Å². The quantitative estimate of drug-likeness (QED) is 0.660. The largest absolute Gasteiger partial charge is 0.459 e. The van der Waals surface area contributed by atoms with Crippen molar-refractivity contribution < 1.29 is 14.3 Å². The van der Waals surface area contributed by atoms with Crippen LogP contribution >= 0.6 is 0 Å². The van der Waals surface area contributed by atoms with Crippen molar-refractivity contribution in [3.8, 4) is 0 Å². The van der Waals surface area contributed by atoms with Gasteiger partial charge < -0.3 is 19.2 Å². The Labute approximate surface area is 176 Å². The molecular formula is C24H27N3O3. The fourth-order valence-corrected chi connectivity index (χ4v) is 4.27. The first-order chi connectivity index (χ1) is 14.4. The number of carbonyl (C=O) groups is 2. The Morgan fingerprint density at radius 2 is 1.80 bits per heavy atom. The summed E-state index contributed by atoms with van der Waals surface area (Å²) in [6.45, 7) is 8.56. The van der Waals surface area contributed by atoms with Gasteiger partial charge in [0, 0.05) is 30.7 Å². The van der Waals surface area contributed by atoms with Gasteiger partial charge in [0.05, 0.1) is 17.7 Å². The normalized spacial score (nSPS) is 15.9. The number of aryl methyl sites for hydroxylation is 1. The van der Waals surface area contributed by atoms with Gasteiger partial charge in [-0.1, -0.05) is 30.3 Å². The highest BCUT2D eigenvalue weighted by Crippen LogP contribution is 2.34. The van der Waals surface area contributed by atoms with E-state index in [0.717, 1.165) is 17.8 Å². The van der Waals surface area contributed by atoms with Crippen molar-refractivity contribution >= 4 is 11.9 Å². The Morgan fingerprint density at radius 3 is 2.50 bits per heavy atom. The van der Waals surface area contributed by atoms with E-state index < -0.39 is 5.97 Å². The predicted octanol–water partition coefficient (Wildman–Crippen LogP) is 4.24. The molecule has 1 aliphatic rings. The van der Waals surface area contributed by atoms with E-state index in [1.807, 2.05) is 55.1 Å². The van der Waals surface area contributed by atoms with E-state index in [0.29, 0.717) is 29.1 Å². The summed E-state index contributed by atoms with van der Waals surface area (Å²) in [6.07, 6.45) is 1.83. The minimum atomic E-state index is -0.401. The van der Waals surface area contributed by atoms with Crippen molar-refractivity contribution in [1.29, 1.82) is 0 Å². The maximum atomic E-state index is 13.7. The molecule has 1 unspecified atom stereocenters. The van der Waals surface area contributed by atoms with Gasteiger partial charge in [-0.05, 0) is 51.0 Å². The predicted molar refractivity (Wildman–Crippen MR) is 115 cm³/mol. The fraction of sp³-hybridized carbons (Fsp3) is 0.333. The first-order valence-electron chi connectivity index (χ1n) is 10.3. The molecule has 4 rings (SSSR count). The number of hydrogen-bond acceptors (Lipinski definition) is 3. The average Bonchev–Trinajstić information content (AvgIpc) is 3.30. The molecule has 156 valence electrons. The van der Waals surface area contributed by atoms with E-state index in [1.54, 1.807) is 13.8 Å². The minimum Gasteiger partial charge on any atom is -0.459 e. The molecule has 0 saturated carbocycles. The van der Waals surface area contributed by atoms with Crippen LogP contribution < -0.4 is 0 Å². The summed E-state index contributed by atoms with van der Waals surface area (Å²) in [6, 6.07) is 13.9. The van der Waals surface area contributed by atoms with E-state index in [9.17, 15) is 9.59 Å². The maximum absolute atomic E-state index is 13.7. The van der Waals surface area contributed by atoms with Crippen molar-refractivity contribution in [2.75, 3.05) is 6.54 Å². The summed E-state index contributed by atoms with van der Waals surface area (Å²) in [5, 5.41) is 0. The van der Waals surface area contributed by atoms with Crippen molar-refractivity contribution in [3.05, 3.63) is 82.4 Å². The lowest BCUT2D eigenvalue weighted by atomic mass is 9.99. The van der Waals surface area contributed by atoms with Gasteiger partial charge in [0.2, 0.25) is 0 Å². The van der Waals surface area contributed by atoms with Crippen molar-refractivity contribution in [1.82, 2.24) is 14.5 Å². The van der Waals surface area contributed by atoms with Gasteiger partial charge in [-0.15, -0.1) is 0 Å². The summed E-state index contributed by atoms with van der Waals surface area (Å²) in [5.41, 5.74) is 4.33. The number of esters is 1. The summed E-state index contributed by atoms with van der Waals surface area (Å²) < 4.78 is 7.57. The molecule has 3 aromatic rings. The van der Waals surface area contributed by atoms with Gasteiger partial charge in [-0.2, -0.15) is 0 Å². The highest BCUT2D eigenvalue weighted by Gasteiger charge is 2.35. The van der Waals surface area contributed by atoms with Crippen molar-refractivity contribution in [2.45, 2.75) is 46.4 Å². The third kappa shape index (κ3) is 3.43. The van der Waals surface area contributed by atoms with Gasteiger partial charge in [0.25, 0.3) is 5.91 Å². The van der Waals surface area contributed by atoms with Crippen molar-refractivity contribution in [2.24, 2.45) is 0 Å². The Bertz CT molecular complexity index is 1080. The van der Waals surface area contributed by atoms with Gasteiger partial charge >= 0.3 is 5.97 Å². The van der Waals surface area contributed by atoms with Crippen LogP contribution in [-0.2, 0) is 11.3 Å². The average molecular weight is 405 g/mol. The number of aromatic amines is 1. The first kappa shape index (κ1) is 20.0. The molecular weight excluding hydrogens is 378 g/mol. The zero-order valence-corrected chi connectivity index (χ0v) is 17.8. The second-order valence-electron chi connectivity index (χ2n) is 8.02. The molecule has 0 aliphatic carbocycles. The molecule has 0 saturated heterocycles. The summed E-state index contributed by atoms with van der Waals surface area (Å²) >= 11 is 0. The number of benzene rings is 1. The van der Waals surface area contributed by atoms with Crippen LogP contribution in [0.15, 0.2) is 48.7 Å². The molecule has 1 atom stereocenters. The number of amides is 1. The fourth-order valence-electron chi connectivity index (χ4n) is 4.27. The number of nitrogens with zero attached hydrogens (tertiary/aromatic N) is 2. The molecule has 1 aromatic carbocycles. The summed E-state index contributed by atoms with van der Waals surface area (Å²) in [5.74, 6) is -0.511. The summed E-state index contributed by atoms with van der Waals surface area (Å²) in [7, 11) is 0. The molecule has 3 heterocycles. The lowest BCUT2D eigenvalue weighted by Crippen LogP contribution is -2.42. The molecule has 6 heteroatoms. The standard InChI is InChI=1S/C24H27N3O3/c1-15(2)30-24(29)20-16(3)21(25-17(20)4)23(28)27-14-13-26-12-8-11-19(26)22(27)18-9-6-5-7-10-18/h5-12,15,22,25H,13-14H2,1-4H3. The lowest BCUT2D eigenvalue weighted by molar-refractivity contribution is 0.0376. The molecule has 1 amide bonds. The molecule has 30 heavy (non-hydrogen) atoms. The third-order valence-corrected chi connectivity index (χ3v) is 5.61. The smallest absolute Gasteiger partial charge is 0.340 e. The number of H-pyrrole nitrogens is 1. The Kier molecular flexibility index (Phi) is 5.24. The van der Waals surface area contributed by atoms with E-state index in [1.165, 1.54) is 0 Å². The van der Waals surface area contributed by atoms with Gasteiger partial charge in [-0.3, -0.25) is 4.79 Å². The van der Waals surface area contributed by atoms with Crippen LogP contribution in [0.3, 0.4) is 0 Å². The number of fused-ring (bicyclic) bond motifs is 1. The van der Waals surface area contributed by atoms with Gasteiger partial charge in [0.15, 0.2) is 0 Å². The summed E-state index contributed by atoms with van der Waals surface area (Å²) in [4.78, 5) is 31.3. The Hall–Kier alpha value is -3.28. The zero-order valence-electron chi connectivity index (χ0n) is 17.8. The Balaban J connectivity index is 1.73. The lowest BCUT2D eigenvalue weighted by Gasteiger charge is -2.37. The molecule has 0 radical (unpaired) electrons. The highest BCUT2D eigenvalue weighted by atomic mass is 16.5. The third-order valence-electron chi connectivity index (χ3n) is 5.61. The van der Waals surface area contributed by atoms with E-state index >= 15 is 0 Å². The number of hydrogen-bond donors (Lipinski definition) is 1. The van der Waals surface area contributed by atoms with Gasteiger partial charge in [-0.25, -0.2) is 4.79 Å². The maximum Gasteiger partial charge on any atom is 0.340 e. The monoisotopic (exact) mass is 405 g/mol. The van der Waals surface area contributed by atoms with Gasteiger partial charge in [0.1, 0.15) is 5.69 Å².